The number of carbonyl (C=O) groups excluding carboxylic acids is 1. The van der Waals surface area contributed by atoms with Crippen LogP contribution in [0.2, 0.25) is 0 Å². The van der Waals surface area contributed by atoms with Crippen molar-refractivity contribution >= 4 is 43.9 Å². The monoisotopic (exact) mass is 493 g/mol. The van der Waals surface area contributed by atoms with Crippen LogP contribution in [-0.2, 0) is 4.79 Å². The Morgan fingerprint density at radius 2 is 1.94 bits per heavy atom. The highest BCUT2D eigenvalue weighted by Gasteiger charge is 2.17. The lowest BCUT2D eigenvalue weighted by Gasteiger charge is -2.11. The van der Waals surface area contributed by atoms with Gasteiger partial charge in [-0.25, -0.2) is 4.98 Å². The average molecular weight is 494 g/mol. The minimum atomic E-state index is -0.551. The van der Waals surface area contributed by atoms with Gasteiger partial charge in [0, 0.05) is 28.7 Å². The number of hydrogen-bond acceptors (Lipinski definition) is 8. The van der Waals surface area contributed by atoms with Crippen molar-refractivity contribution in [2.75, 3.05) is 18.5 Å². The Labute approximate surface area is 205 Å². The lowest BCUT2D eigenvalue weighted by molar-refractivity contribution is -0.380. The molecule has 0 aliphatic heterocycles. The van der Waals surface area contributed by atoms with Crippen LogP contribution < -0.4 is 14.8 Å². The van der Waals surface area contributed by atoms with Gasteiger partial charge in [-0.15, -0.1) is 0 Å². The molecule has 0 radical (unpaired) electrons. The fourth-order valence-electron chi connectivity index (χ4n) is 3.58. The van der Waals surface area contributed by atoms with Gasteiger partial charge in [0.05, 0.1) is 24.4 Å². The number of fused-ring (bicyclic) bond motifs is 1. The van der Waals surface area contributed by atoms with Crippen molar-refractivity contribution < 1.29 is 23.6 Å². The Hall–Kier alpha value is -4.18. The number of anilines is 1. The maximum Gasteiger partial charge on any atom is 0.345 e. The van der Waals surface area contributed by atoms with Gasteiger partial charge in [-0.2, -0.15) is 0 Å². The smallest absolute Gasteiger partial charge is 0.345 e. The maximum atomic E-state index is 12.6. The third kappa shape index (κ3) is 5.33. The van der Waals surface area contributed by atoms with Crippen molar-refractivity contribution in [3.8, 4) is 22.6 Å². The van der Waals surface area contributed by atoms with E-state index in [-0.39, 0.29) is 10.1 Å². The molecule has 10 heteroatoms. The van der Waals surface area contributed by atoms with Gasteiger partial charge >= 0.3 is 5.00 Å². The van der Waals surface area contributed by atoms with Crippen LogP contribution in [0.1, 0.15) is 26.3 Å². The normalized spacial score (nSPS) is 11.5. The molecule has 9 nitrogen and oxygen atoms in total. The van der Waals surface area contributed by atoms with Crippen molar-refractivity contribution in [2.45, 2.75) is 20.8 Å². The van der Waals surface area contributed by atoms with Gasteiger partial charge in [-0.1, -0.05) is 12.1 Å². The summed E-state index contributed by atoms with van der Waals surface area (Å²) in [5.74, 6) is 0.922. The van der Waals surface area contributed by atoms with Crippen LogP contribution in [0, 0.1) is 10.1 Å². The Morgan fingerprint density at radius 3 is 2.60 bits per heavy atom. The number of furan rings is 1. The van der Waals surface area contributed by atoms with Gasteiger partial charge in [0.2, 0.25) is 5.91 Å². The van der Waals surface area contributed by atoms with Gasteiger partial charge in [0.1, 0.15) is 23.3 Å². The molecule has 0 spiro atoms. The third-order valence-corrected chi connectivity index (χ3v) is 5.99. The zero-order valence-electron chi connectivity index (χ0n) is 19.4. The molecule has 2 aromatic heterocycles. The lowest BCUT2D eigenvalue weighted by atomic mass is 9.99. The van der Waals surface area contributed by atoms with E-state index in [0.29, 0.717) is 30.1 Å². The lowest BCUT2D eigenvalue weighted by Crippen LogP contribution is -2.08. The fraction of sp³-hybridized carbons (Fsp3) is 0.200. The number of nitrogens with one attached hydrogen (secondary N) is 1. The van der Waals surface area contributed by atoms with E-state index in [1.54, 1.807) is 13.2 Å². The number of rotatable bonds is 9. The standard InChI is InChI=1S/C25H23N3O6S/c1-4-32-17-8-6-16(7-9-17)20-14-34-22-12-21(33-5-2)18(11-19(20)22)15(3)10-23(29)27-25-26-13-24(35-25)28(30)31/h6-14H,4-5H2,1-3H3,(H,26,27,29)/b15-10+. The molecule has 180 valence electrons. The molecule has 0 fully saturated rings. The van der Waals surface area contributed by atoms with E-state index in [1.165, 1.54) is 6.08 Å². The number of nitro groups is 1. The second-order valence-corrected chi connectivity index (χ2v) is 8.47. The molecule has 35 heavy (non-hydrogen) atoms. The van der Waals surface area contributed by atoms with E-state index >= 15 is 0 Å². The summed E-state index contributed by atoms with van der Waals surface area (Å²) < 4.78 is 17.2. The van der Waals surface area contributed by atoms with Gasteiger partial charge in [0.15, 0.2) is 5.13 Å². The molecule has 0 unspecified atom stereocenters. The SMILES string of the molecule is CCOc1ccc(-c2coc3cc(OCC)c(/C(C)=C/C(=O)Nc4ncc([N+](=O)[O-])s4)cc23)cc1. The first-order valence-corrected chi connectivity index (χ1v) is 11.7. The van der Waals surface area contributed by atoms with Gasteiger partial charge < -0.3 is 13.9 Å². The van der Waals surface area contributed by atoms with Gasteiger partial charge in [0.25, 0.3) is 0 Å². The summed E-state index contributed by atoms with van der Waals surface area (Å²) in [4.78, 5) is 26.7. The Kier molecular flexibility index (Phi) is 7.11. The molecular formula is C25H23N3O6S. The molecule has 0 aliphatic carbocycles. The van der Waals surface area contributed by atoms with Crippen molar-refractivity contribution in [1.29, 1.82) is 0 Å². The number of allylic oxidation sites excluding steroid dienone is 1. The van der Waals surface area contributed by atoms with E-state index in [4.69, 9.17) is 13.9 Å². The maximum absolute atomic E-state index is 12.6. The number of carbonyl (C=O) groups is 1. The number of thiazole rings is 1. The zero-order valence-corrected chi connectivity index (χ0v) is 20.2. The molecule has 0 bridgehead atoms. The molecule has 1 N–H and O–H groups in total. The average Bonchev–Trinajstić information content (AvgIpc) is 3.46. The van der Waals surface area contributed by atoms with Crippen LogP contribution >= 0.6 is 11.3 Å². The van der Waals surface area contributed by atoms with Gasteiger partial charge in [-0.3, -0.25) is 20.2 Å². The molecule has 0 saturated heterocycles. The topological polar surface area (TPSA) is 117 Å². The summed E-state index contributed by atoms with van der Waals surface area (Å²) >= 11 is 0.793. The van der Waals surface area contributed by atoms with E-state index in [2.05, 4.69) is 10.3 Å². The first-order valence-electron chi connectivity index (χ1n) is 10.9. The van der Waals surface area contributed by atoms with Crippen molar-refractivity contribution in [3.63, 3.8) is 0 Å². The number of amides is 1. The first kappa shape index (κ1) is 24.0. The van der Waals surface area contributed by atoms with E-state index in [9.17, 15) is 14.9 Å². The summed E-state index contributed by atoms with van der Waals surface area (Å²) in [6.45, 7) is 6.64. The first-order chi connectivity index (χ1) is 16.9. The van der Waals surface area contributed by atoms with Crippen molar-refractivity contribution in [2.24, 2.45) is 0 Å². The minimum absolute atomic E-state index is 0.146. The number of hydrogen-bond donors (Lipinski definition) is 1. The summed E-state index contributed by atoms with van der Waals surface area (Å²) in [5.41, 5.74) is 3.91. The van der Waals surface area contributed by atoms with E-state index < -0.39 is 10.8 Å². The van der Waals surface area contributed by atoms with Crippen LogP contribution in [0.25, 0.3) is 27.7 Å². The molecule has 0 atom stereocenters. The molecule has 0 aliphatic rings. The number of nitrogens with zero attached hydrogens (tertiary/aromatic N) is 2. The molecule has 4 rings (SSSR count). The van der Waals surface area contributed by atoms with Crippen LogP contribution in [-0.4, -0.2) is 29.0 Å². The largest absolute Gasteiger partial charge is 0.494 e. The Balaban J connectivity index is 1.67. The second-order valence-electron chi connectivity index (χ2n) is 7.46. The Morgan fingerprint density at radius 1 is 1.20 bits per heavy atom. The van der Waals surface area contributed by atoms with E-state index in [0.717, 1.165) is 45.4 Å². The summed E-state index contributed by atoms with van der Waals surface area (Å²) in [6, 6.07) is 11.5. The van der Waals surface area contributed by atoms with Crippen LogP contribution in [0.15, 0.2) is 59.4 Å². The third-order valence-electron chi connectivity index (χ3n) is 5.13. The molecule has 4 aromatic rings. The molecule has 1 amide bonds. The van der Waals surface area contributed by atoms with Crippen molar-refractivity contribution in [1.82, 2.24) is 4.98 Å². The second kappa shape index (κ2) is 10.4. The molecule has 2 aromatic carbocycles. The molecular weight excluding hydrogens is 470 g/mol. The van der Waals surface area contributed by atoms with Crippen LogP contribution in [0.4, 0.5) is 10.1 Å². The van der Waals surface area contributed by atoms with E-state index in [1.807, 2.05) is 50.2 Å². The van der Waals surface area contributed by atoms with Crippen molar-refractivity contribution in [3.05, 3.63) is 70.6 Å². The van der Waals surface area contributed by atoms with Gasteiger partial charge in [-0.05, 0) is 61.4 Å². The quantitative estimate of drug-likeness (QED) is 0.165. The minimum Gasteiger partial charge on any atom is -0.494 e. The summed E-state index contributed by atoms with van der Waals surface area (Å²) in [7, 11) is 0. The highest BCUT2D eigenvalue weighted by atomic mass is 32.1. The predicted octanol–water partition coefficient (Wildman–Crippen LogP) is 6.30. The zero-order chi connectivity index (χ0) is 24.9. The molecule has 0 saturated carbocycles. The predicted molar refractivity (Wildman–Crippen MR) is 135 cm³/mol. The number of benzene rings is 2. The fourth-order valence-corrected chi connectivity index (χ4v) is 4.22. The Bertz CT molecular complexity index is 1400. The number of ether oxygens (including phenoxy) is 2. The highest BCUT2D eigenvalue weighted by Crippen LogP contribution is 2.38. The van der Waals surface area contributed by atoms with Crippen LogP contribution in [0.5, 0.6) is 11.5 Å². The summed E-state index contributed by atoms with van der Waals surface area (Å²) in [5, 5.41) is 14.3. The highest BCUT2D eigenvalue weighted by molar-refractivity contribution is 7.18. The van der Waals surface area contributed by atoms with Crippen LogP contribution in [0.3, 0.4) is 0 Å². The number of aromatic nitrogens is 1. The molecule has 2 heterocycles. The summed E-state index contributed by atoms with van der Waals surface area (Å²) in [6.07, 6.45) is 4.22.